The molecule has 0 radical (unpaired) electrons. The Labute approximate surface area is 129 Å². The minimum Gasteiger partial charge on any atom is -0.497 e. The summed E-state index contributed by atoms with van der Waals surface area (Å²) in [7, 11) is 1.50. The van der Waals surface area contributed by atoms with E-state index in [1.807, 2.05) is 0 Å². The molecular weight excluding hydrogens is 231 g/mol. The summed E-state index contributed by atoms with van der Waals surface area (Å²) in [5.41, 5.74) is 0.505. The van der Waals surface area contributed by atoms with Gasteiger partial charge in [0.1, 0.15) is 5.75 Å². The Hall–Kier alpha value is 0.251. The fourth-order valence-electron chi connectivity index (χ4n) is 0.935. The van der Waals surface area contributed by atoms with Crippen LogP contribution in [0.15, 0.2) is 30.2 Å². The average Bonchev–Trinajstić information content (AvgIpc) is 2.14. The van der Waals surface area contributed by atoms with Gasteiger partial charge in [-0.2, -0.15) is 0 Å². The van der Waals surface area contributed by atoms with Crippen molar-refractivity contribution in [2.45, 2.75) is 0 Å². The van der Waals surface area contributed by atoms with E-state index in [2.05, 4.69) is 0 Å². The number of hydrogen-bond acceptors (Lipinski definition) is 1. The van der Waals surface area contributed by atoms with Gasteiger partial charge in [-0.15, -0.1) is 5.98 Å². The standard InChI is InChI=1S/C9H9BF3O.K/c1-14-9-4-2-8(3-5-9)6-7-10(11,12)13;/h2-7H,1H3;/q-1;+1/b7-6-;. The largest absolute Gasteiger partial charge is 1.00 e. The van der Waals surface area contributed by atoms with E-state index >= 15 is 0 Å². The maximum atomic E-state index is 11.8. The van der Waals surface area contributed by atoms with Gasteiger partial charge in [-0.25, -0.2) is 0 Å². The van der Waals surface area contributed by atoms with Crippen LogP contribution in [0.1, 0.15) is 5.56 Å². The minimum absolute atomic E-state index is 0. The smallest absolute Gasteiger partial charge is 0.497 e. The number of hydrogen-bond donors (Lipinski definition) is 0. The Kier molecular flexibility index (Phi) is 6.87. The molecule has 1 rings (SSSR count). The molecule has 0 aliphatic carbocycles. The number of halogens is 3. The summed E-state index contributed by atoms with van der Waals surface area (Å²) < 4.78 is 40.4. The maximum absolute atomic E-state index is 11.8. The normalized spacial score (nSPS) is 11.2. The first-order valence-electron chi connectivity index (χ1n) is 4.04. The van der Waals surface area contributed by atoms with Gasteiger partial charge >= 0.3 is 58.4 Å². The van der Waals surface area contributed by atoms with Crippen LogP contribution in [-0.2, 0) is 0 Å². The first-order chi connectivity index (χ1) is 6.51. The molecule has 0 saturated heterocycles. The molecule has 0 heterocycles. The first-order valence-corrected chi connectivity index (χ1v) is 4.04. The summed E-state index contributed by atoms with van der Waals surface area (Å²) in [6.45, 7) is -4.85. The molecule has 1 nitrogen and oxygen atoms in total. The molecular formula is C9H9BF3KO. The van der Waals surface area contributed by atoms with Crippen molar-refractivity contribution in [2.24, 2.45) is 0 Å². The molecule has 0 N–H and O–H groups in total. The molecule has 0 unspecified atom stereocenters. The van der Waals surface area contributed by atoms with Gasteiger partial charge in [0.25, 0.3) is 0 Å². The SMILES string of the molecule is COc1ccc(/C=C\[B-](F)(F)F)cc1.[K+]. The first kappa shape index (κ1) is 15.3. The van der Waals surface area contributed by atoms with Gasteiger partial charge in [0, 0.05) is 0 Å². The van der Waals surface area contributed by atoms with Gasteiger partial charge in [-0.1, -0.05) is 18.2 Å². The second-order valence-electron chi connectivity index (χ2n) is 2.76. The van der Waals surface area contributed by atoms with Crippen LogP contribution in [0.4, 0.5) is 12.9 Å². The van der Waals surface area contributed by atoms with Crippen LogP contribution in [0.3, 0.4) is 0 Å². The molecule has 0 aliphatic rings. The minimum atomic E-state index is -4.85. The Morgan fingerprint density at radius 1 is 1.13 bits per heavy atom. The molecule has 1 aromatic rings. The van der Waals surface area contributed by atoms with Gasteiger partial charge in [0.2, 0.25) is 0 Å². The molecule has 0 aromatic heterocycles. The molecule has 0 saturated carbocycles. The van der Waals surface area contributed by atoms with Gasteiger partial charge in [-0.3, -0.25) is 0 Å². The summed E-state index contributed by atoms with van der Waals surface area (Å²) in [6, 6.07) is 6.36. The summed E-state index contributed by atoms with van der Waals surface area (Å²) in [4.78, 5) is 0. The second-order valence-corrected chi connectivity index (χ2v) is 2.76. The van der Waals surface area contributed by atoms with E-state index in [0.29, 0.717) is 11.3 Å². The number of benzene rings is 1. The van der Waals surface area contributed by atoms with Crippen LogP contribution in [0.25, 0.3) is 6.08 Å². The van der Waals surface area contributed by atoms with Gasteiger partial charge in [0.15, 0.2) is 0 Å². The predicted molar refractivity (Wildman–Crippen MR) is 51.1 cm³/mol. The van der Waals surface area contributed by atoms with E-state index in [-0.39, 0.29) is 57.4 Å². The summed E-state index contributed by atoms with van der Waals surface area (Å²) >= 11 is 0. The van der Waals surface area contributed by atoms with Crippen LogP contribution >= 0.6 is 0 Å². The van der Waals surface area contributed by atoms with E-state index in [9.17, 15) is 12.9 Å². The van der Waals surface area contributed by atoms with Crippen molar-refractivity contribution in [1.29, 1.82) is 0 Å². The zero-order chi connectivity index (χ0) is 10.6. The quantitative estimate of drug-likeness (QED) is 0.681. The van der Waals surface area contributed by atoms with Crippen molar-refractivity contribution in [2.75, 3.05) is 7.11 Å². The van der Waals surface area contributed by atoms with Gasteiger partial charge in [0.05, 0.1) is 7.11 Å². The van der Waals surface area contributed by atoms with Crippen molar-refractivity contribution >= 4 is 13.1 Å². The Bertz CT molecular complexity index is 321. The van der Waals surface area contributed by atoms with Crippen LogP contribution < -0.4 is 56.1 Å². The maximum Gasteiger partial charge on any atom is 1.00 e. The Morgan fingerprint density at radius 3 is 2.07 bits per heavy atom. The van der Waals surface area contributed by atoms with E-state index in [4.69, 9.17) is 4.74 Å². The van der Waals surface area contributed by atoms with Crippen molar-refractivity contribution in [3.8, 4) is 5.75 Å². The third-order valence-corrected chi connectivity index (χ3v) is 1.62. The van der Waals surface area contributed by atoms with Crippen molar-refractivity contribution in [1.82, 2.24) is 0 Å². The van der Waals surface area contributed by atoms with Crippen molar-refractivity contribution < 1.29 is 69.1 Å². The molecule has 76 valence electrons. The van der Waals surface area contributed by atoms with E-state index in [1.54, 1.807) is 24.3 Å². The molecule has 0 atom stereocenters. The van der Waals surface area contributed by atoms with E-state index < -0.39 is 6.98 Å². The molecule has 0 fully saturated rings. The van der Waals surface area contributed by atoms with E-state index in [1.165, 1.54) is 7.11 Å². The molecule has 0 spiro atoms. The number of ether oxygens (including phenoxy) is 1. The fourth-order valence-corrected chi connectivity index (χ4v) is 0.935. The van der Waals surface area contributed by atoms with Gasteiger partial charge < -0.3 is 17.7 Å². The van der Waals surface area contributed by atoms with Crippen molar-refractivity contribution in [3.63, 3.8) is 0 Å². The third kappa shape index (κ3) is 6.42. The molecule has 6 heteroatoms. The average molecular weight is 240 g/mol. The molecule has 0 aliphatic heterocycles. The fraction of sp³-hybridized carbons (Fsp3) is 0.111. The number of rotatable bonds is 3. The molecule has 0 amide bonds. The van der Waals surface area contributed by atoms with Crippen LogP contribution in [0.5, 0.6) is 5.75 Å². The van der Waals surface area contributed by atoms with Crippen molar-refractivity contribution in [3.05, 3.63) is 35.8 Å². The summed E-state index contributed by atoms with van der Waals surface area (Å²) in [5, 5.41) is 0. The zero-order valence-electron chi connectivity index (χ0n) is 8.58. The Balaban J connectivity index is 0.00000196. The van der Waals surface area contributed by atoms with Gasteiger partial charge in [-0.05, 0) is 17.7 Å². The molecule has 15 heavy (non-hydrogen) atoms. The van der Waals surface area contributed by atoms with Crippen LogP contribution in [-0.4, -0.2) is 14.1 Å². The number of methoxy groups -OCH3 is 1. The van der Waals surface area contributed by atoms with E-state index in [0.717, 1.165) is 6.08 Å². The topological polar surface area (TPSA) is 9.23 Å². The second kappa shape index (κ2) is 6.75. The Morgan fingerprint density at radius 2 is 1.67 bits per heavy atom. The predicted octanol–water partition coefficient (Wildman–Crippen LogP) is 0.0990. The monoisotopic (exact) mass is 240 g/mol. The zero-order valence-corrected chi connectivity index (χ0v) is 11.7. The molecule has 1 aromatic carbocycles. The summed E-state index contributed by atoms with van der Waals surface area (Å²) in [5.74, 6) is 0.890. The molecule has 0 bridgehead atoms. The van der Waals surface area contributed by atoms with Crippen LogP contribution in [0, 0.1) is 0 Å². The third-order valence-electron chi connectivity index (χ3n) is 1.62. The van der Waals surface area contributed by atoms with Crippen LogP contribution in [0.2, 0.25) is 0 Å². The summed E-state index contributed by atoms with van der Waals surface area (Å²) in [6.07, 6.45) is 1.04.